The van der Waals surface area contributed by atoms with E-state index < -0.39 is 0 Å². The zero-order chi connectivity index (χ0) is 13.2. The molecule has 1 saturated heterocycles. The van der Waals surface area contributed by atoms with E-state index in [0.29, 0.717) is 11.7 Å². The highest BCUT2D eigenvalue weighted by Crippen LogP contribution is 2.25. The molecule has 0 saturated carbocycles. The normalized spacial score (nSPS) is 17.9. The molecular formula is C17H21NO. The molecule has 100 valence electrons. The molecule has 0 spiro atoms. The fourth-order valence-electron chi connectivity index (χ4n) is 3.02. The Morgan fingerprint density at radius 3 is 2.53 bits per heavy atom. The molecule has 1 unspecified atom stereocenters. The summed E-state index contributed by atoms with van der Waals surface area (Å²) >= 11 is 0. The Labute approximate surface area is 114 Å². The van der Waals surface area contributed by atoms with Crippen LogP contribution in [0.25, 0.3) is 10.8 Å². The van der Waals surface area contributed by atoms with Crippen LogP contribution in [-0.4, -0.2) is 29.6 Å². The zero-order valence-electron chi connectivity index (χ0n) is 11.5. The lowest BCUT2D eigenvalue weighted by Gasteiger charge is -2.20. The first kappa shape index (κ1) is 12.5. The van der Waals surface area contributed by atoms with E-state index in [1.807, 2.05) is 12.1 Å². The molecule has 0 aromatic heterocycles. The third-order valence-corrected chi connectivity index (χ3v) is 4.15. The number of hydrogen-bond donors (Lipinski definition) is 1. The smallest absolute Gasteiger partial charge is 0.116 e. The van der Waals surface area contributed by atoms with Crippen LogP contribution in [-0.2, 0) is 0 Å². The van der Waals surface area contributed by atoms with Crippen molar-refractivity contribution in [2.24, 2.45) is 0 Å². The minimum Gasteiger partial charge on any atom is -0.508 e. The van der Waals surface area contributed by atoms with Gasteiger partial charge in [0.05, 0.1) is 0 Å². The molecule has 2 heteroatoms. The Morgan fingerprint density at radius 1 is 1.05 bits per heavy atom. The minimum atomic E-state index is 0.338. The minimum absolute atomic E-state index is 0.338. The number of benzene rings is 2. The number of rotatable bonds is 3. The maximum atomic E-state index is 9.49. The molecule has 1 atom stereocenters. The Balaban J connectivity index is 1.81. The predicted molar refractivity (Wildman–Crippen MR) is 79.7 cm³/mol. The van der Waals surface area contributed by atoms with Gasteiger partial charge in [0.15, 0.2) is 0 Å². The Hall–Kier alpha value is -1.54. The molecule has 0 amide bonds. The monoisotopic (exact) mass is 255 g/mol. The summed E-state index contributed by atoms with van der Waals surface area (Å²) < 4.78 is 0. The zero-order valence-corrected chi connectivity index (χ0v) is 11.5. The summed E-state index contributed by atoms with van der Waals surface area (Å²) in [6.07, 6.45) is 2.70. The average Bonchev–Trinajstić information content (AvgIpc) is 2.91. The van der Waals surface area contributed by atoms with Crippen molar-refractivity contribution < 1.29 is 5.11 Å². The summed E-state index contributed by atoms with van der Waals surface area (Å²) in [6.45, 7) is 5.97. The molecule has 1 aliphatic rings. The maximum absolute atomic E-state index is 9.49. The second-order valence-electron chi connectivity index (χ2n) is 5.70. The number of likely N-dealkylation sites (tertiary alicyclic amines) is 1. The van der Waals surface area contributed by atoms with Gasteiger partial charge in [0.2, 0.25) is 0 Å². The van der Waals surface area contributed by atoms with Crippen molar-refractivity contribution in [2.75, 3.05) is 19.6 Å². The molecule has 1 N–H and O–H groups in total. The van der Waals surface area contributed by atoms with Crippen LogP contribution in [0.1, 0.15) is 31.2 Å². The lowest BCUT2D eigenvalue weighted by molar-refractivity contribution is 0.321. The van der Waals surface area contributed by atoms with Crippen molar-refractivity contribution in [3.05, 3.63) is 42.0 Å². The number of aromatic hydroxyl groups is 1. The summed E-state index contributed by atoms with van der Waals surface area (Å²) in [7, 11) is 0. The fourth-order valence-corrected chi connectivity index (χ4v) is 3.02. The molecular weight excluding hydrogens is 234 g/mol. The third-order valence-electron chi connectivity index (χ3n) is 4.15. The van der Waals surface area contributed by atoms with E-state index in [1.165, 1.54) is 36.9 Å². The van der Waals surface area contributed by atoms with Crippen LogP contribution in [0.2, 0.25) is 0 Å². The van der Waals surface area contributed by atoms with E-state index in [0.717, 1.165) is 11.9 Å². The van der Waals surface area contributed by atoms with Crippen molar-refractivity contribution >= 4 is 10.8 Å². The Morgan fingerprint density at radius 2 is 1.74 bits per heavy atom. The molecule has 0 radical (unpaired) electrons. The molecule has 2 aromatic carbocycles. The van der Waals surface area contributed by atoms with Crippen LogP contribution in [0, 0.1) is 0 Å². The van der Waals surface area contributed by atoms with Crippen molar-refractivity contribution in [1.29, 1.82) is 0 Å². The molecule has 1 fully saturated rings. The predicted octanol–water partition coefficient (Wildman–Crippen LogP) is 3.74. The highest BCUT2D eigenvalue weighted by Gasteiger charge is 2.15. The molecule has 2 aromatic rings. The molecule has 0 aliphatic carbocycles. The topological polar surface area (TPSA) is 23.5 Å². The van der Waals surface area contributed by atoms with Gasteiger partial charge in [0.25, 0.3) is 0 Å². The second kappa shape index (κ2) is 5.22. The molecule has 1 heterocycles. The largest absolute Gasteiger partial charge is 0.508 e. The van der Waals surface area contributed by atoms with Gasteiger partial charge < -0.3 is 10.0 Å². The van der Waals surface area contributed by atoms with Crippen molar-refractivity contribution in [1.82, 2.24) is 4.90 Å². The maximum Gasteiger partial charge on any atom is 0.116 e. The van der Waals surface area contributed by atoms with Gasteiger partial charge in [-0.25, -0.2) is 0 Å². The van der Waals surface area contributed by atoms with Gasteiger partial charge in [0, 0.05) is 6.54 Å². The summed E-state index contributed by atoms with van der Waals surface area (Å²) in [4.78, 5) is 2.56. The molecule has 3 rings (SSSR count). The first-order chi connectivity index (χ1) is 9.22. The van der Waals surface area contributed by atoms with E-state index >= 15 is 0 Å². The summed E-state index contributed by atoms with van der Waals surface area (Å²) in [5.74, 6) is 0.904. The van der Waals surface area contributed by atoms with Crippen molar-refractivity contribution in [3.63, 3.8) is 0 Å². The van der Waals surface area contributed by atoms with Crippen molar-refractivity contribution in [3.8, 4) is 5.75 Å². The van der Waals surface area contributed by atoms with Gasteiger partial charge in [-0.05, 0) is 60.3 Å². The van der Waals surface area contributed by atoms with Gasteiger partial charge in [-0.15, -0.1) is 0 Å². The quantitative estimate of drug-likeness (QED) is 0.903. The third kappa shape index (κ3) is 2.74. The lowest BCUT2D eigenvalue weighted by atomic mass is 9.97. The van der Waals surface area contributed by atoms with Crippen LogP contribution < -0.4 is 0 Å². The molecule has 0 bridgehead atoms. The average molecular weight is 255 g/mol. The molecule has 2 nitrogen and oxygen atoms in total. The Bertz CT molecular complexity index is 572. The molecule has 19 heavy (non-hydrogen) atoms. The fraction of sp³-hybridized carbons (Fsp3) is 0.412. The van der Waals surface area contributed by atoms with Gasteiger partial charge in [0.1, 0.15) is 5.75 Å². The first-order valence-electron chi connectivity index (χ1n) is 7.17. The summed E-state index contributed by atoms with van der Waals surface area (Å²) in [6, 6.07) is 12.2. The van der Waals surface area contributed by atoms with Gasteiger partial charge >= 0.3 is 0 Å². The van der Waals surface area contributed by atoms with Crippen LogP contribution >= 0.6 is 0 Å². The van der Waals surface area contributed by atoms with Gasteiger partial charge in [-0.3, -0.25) is 0 Å². The second-order valence-corrected chi connectivity index (χ2v) is 5.70. The first-order valence-corrected chi connectivity index (χ1v) is 7.17. The van der Waals surface area contributed by atoms with Crippen LogP contribution in [0.3, 0.4) is 0 Å². The Kier molecular flexibility index (Phi) is 3.43. The number of hydrogen-bond acceptors (Lipinski definition) is 2. The number of nitrogens with zero attached hydrogens (tertiary/aromatic N) is 1. The highest BCUT2D eigenvalue weighted by atomic mass is 16.3. The van der Waals surface area contributed by atoms with E-state index in [4.69, 9.17) is 0 Å². The number of phenolic OH excluding ortho intramolecular Hbond substituents is 1. The van der Waals surface area contributed by atoms with Crippen molar-refractivity contribution in [2.45, 2.75) is 25.7 Å². The number of fused-ring (bicyclic) bond motifs is 1. The van der Waals surface area contributed by atoms with Crippen LogP contribution in [0.5, 0.6) is 5.75 Å². The highest BCUT2D eigenvalue weighted by molar-refractivity contribution is 5.84. The standard InChI is InChI=1S/C17H21NO/c1-13(12-18-8-2-3-9-18)14-4-5-16-11-17(19)7-6-15(16)10-14/h4-7,10-11,13,19H,2-3,8-9,12H2,1H3. The van der Waals surface area contributed by atoms with Crippen LogP contribution in [0.15, 0.2) is 36.4 Å². The summed E-state index contributed by atoms with van der Waals surface area (Å²) in [5, 5.41) is 11.8. The van der Waals surface area contributed by atoms with E-state index in [1.54, 1.807) is 6.07 Å². The SMILES string of the molecule is CC(CN1CCCC1)c1ccc2cc(O)ccc2c1. The lowest BCUT2D eigenvalue weighted by Crippen LogP contribution is -2.24. The van der Waals surface area contributed by atoms with E-state index in [2.05, 4.69) is 30.0 Å². The van der Waals surface area contributed by atoms with Crippen LogP contribution in [0.4, 0.5) is 0 Å². The van der Waals surface area contributed by atoms with Gasteiger partial charge in [-0.1, -0.05) is 31.2 Å². The summed E-state index contributed by atoms with van der Waals surface area (Å²) in [5.41, 5.74) is 1.39. The van der Waals surface area contributed by atoms with E-state index in [9.17, 15) is 5.11 Å². The van der Waals surface area contributed by atoms with E-state index in [-0.39, 0.29) is 0 Å². The number of phenols is 1. The molecule has 1 aliphatic heterocycles. The van der Waals surface area contributed by atoms with Gasteiger partial charge in [-0.2, -0.15) is 0 Å².